The highest BCUT2D eigenvalue weighted by Crippen LogP contribution is 2.27. The second-order valence-electron chi connectivity index (χ2n) is 5.26. The number of hydrogen-bond acceptors (Lipinski definition) is 3. The lowest BCUT2D eigenvalue weighted by molar-refractivity contribution is 0.447. The summed E-state index contributed by atoms with van der Waals surface area (Å²) in [6.45, 7) is 1.10. The summed E-state index contributed by atoms with van der Waals surface area (Å²) in [4.78, 5) is 14.7. The van der Waals surface area contributed by atoms with Crippen LogP contribution in [0.5, 0.6) is 0 Å². The van der Waals surface area contributed by atoms with Gasteiger partial charge >= 0.3 is 5.69 Å². The molecule has 0 bridgehead atoms. The van der Waals surface area contributed by atoms with Crippen molar-refractivity contribution in [2.75, 3.05) is 6.54 Å². The van der Waals surface area contributed by atoms with Crippen molar-refractivity contribution in [2.45, 2.75) is 57.0 Å². The van der Waals surface area contributed by atoms with Crippen LogP contribution in [-0.2, 0) is 6.42 Å². The van der Waals surface area contributed by atoms with E-state index in [1.165, 1.54) is 25.7 Å². The molecule has 1 saturated heterocycles. The zero-order valence-corrected chi connectivity index (χ0v) is 10.1. The molecule has 2 heterocycles. The average Bonchev–Trinajstić information content (AvgIpc) is 3.00. The summed E-state index contributed by atoms with van der Waals surface area (Å²) in [6, 6.07) is 0.835. The molecular weight excluding hydrogens is 216 g/mol. The minimum Gasteiger partial charge on any atom is -0.314 e. The van der Waals surface area contributed by atoms with E-state index in [1.54, 1.807) is 4.68 Å². The van der Waals surface area contributed by atoms with E-state index in [0.717, 1.165) is 31.6 Å². The molecule has 94 valence electrons. The van der Waals surface area contributed by atoms with Crippen LogP contribution in [0.1, 0.15) is 50.4 Å². The number of nitrogens with one attached hydrogen (secondary N) is 2. The second kappa shape index (κ2) is 4.64. The van der Waals surface area contributed by atoms with E-state index in [9.17, 15) is 4.79 Å². The van der Waals surface area contributed by atoms with Gasteiger partial charge in [-0.1, -0.05) is 12.8 Å². The third-order valence-corrected chi connectivity index (χ3v) is 3.96. The van der Waals surface area contributed by atoms with Gasteiger partial charge in [0.15, 0.2) is 0 Å². The van der Waals surface area contributed by atoms with Gasteiger partial charge in [-0.05, 0) is 32.2 Å². The monoisotopic (exact) mass is 236 g/mol. The molecule has 1 aliphatic carbocycles. The van der Waals surface area contributed by atoms with Crippen molar-refractivity contribution >= 4 is 0 Å². The molecule has 1 saturated carbocycles. The first-order chi connectivity index (χ1) is 8.33. The van der Waals surface area contributed by atoms with Crippen LogP contribution >= 0.6 is 0 Å². The largest absolute Gasteiger partial charge is 0.343 e. The Morgan fingerprint density at radius 1 is 1.24 bits per heavy atom. The molecule has 1 unspecified atom stereocenters. The van der Waals surface area contributed by atoms with Gasteiger partial charge in [0.05, 0.1) is 6.04 Å². The van der Waals surface area contributed by atoms with E-state index >= 15 is 0 Å². The second-order valence-corrected chi connectivity index (χ2v) is 5.26. The van der Waals surface area contributed by atoms with Crippen LogP contribution in [-0.4, -0.2) is 27.4 Å². The Labute approximate surface area is 101 Å². The van der Waals surface area contributed by atoms with Crippen LogP contribution in [0.3, 0.4) is 0 Å². The van der Waals surface area contributed by atoms with E-state index in [0.29, 0.717) is 12.1 Å². The number of rotatable bonds is 3. The smallest absolute Gasteiger partial charge is 0.314 e. The fraction of sp³-hybridized carbons (Fsp3) is 0.833. The maximum Gasteiger partial charge on any atom is 0.343 e. The Balaban J connectivity index is 1.73. The molecule has 2 N–H and O–H groups in total. The molecule has 2 fully saturated rings. The first kappa shape index (κ1) is 11.0. The Bertz CT molecular complexity index is 424. The van der Waals surface area contributed by atoms with Crippen LogP contribution in [0.4, 0.5) is 0 Å². The molecule has 0 radical (unpaired) electrons. The van der Waals surface area contributed by atoms with Crippen molar-refractivity contribution in [3.05, 3.63) is 16.3 Å². The minimum absolute atomic E-state index is 0.0232. The first-order valence-corrected chi connectivity index (χ1v) is 6.74. The maximum atomic E-state index is 11.8. The summed E-state index contributed by atoms with van der Waals surface area (Å²) >= 11 is 0. The van der Waals surface area contributed by atoms with Crippen molar-refractivity contribution in [2.24, 2.45) is 0 Å². The van der Waals surface area contributed by atoms with E-state index in [2.05, 4.69) is 15.4 Å². The number of H-pyrrole nitrogens is 1. The summed E-state index contributed by atoms with van der Waals surface area (Å²) in [5, 5.41) is 7.90. The van der Waals surface area contributed by atoms with E-state index < -0.39 is 0 Å². The lowest BCUT2D eigenvalue weighted by Crippen LogP contribution is -2.24. The Morgan fingerprint density at radius 2 is 2.06 bits per heavy atom. The Hall–Kier alpha value is -1.10. The highest BCUT2D eigenvalue weighted by molar-refractivity contribution is 4.91. The normalized spacial score (nSPS) is 25.8. The SMILES string of the molecule is O=c1[nH]c(CC2CCCN2)nn1C1CCCC1. The molecule has 5 nitrogen and oxygen atoms in total. The number of aromatic amines is 1. The predicted molar refractivity (Wildman–Crippen MR) is 65.1 cm³/mol. The van der Waals surface area contributed by atoms with Gasteiger partial charge in [0.25, 0.3) is 0 Å². The summed E-state index contributed by atoms with van der Waals surface area (Å²) in [6.07, 6.45) is 7.94. The van der Waals surface area contributed by atoms with Gasteiger partial charge in [-0.15, -0.1) is 0 Å². The molecule has 1 aromatic rings. The molecule has 17 heavy (non-hydrogen) atoms. The first-order valence-electron chi connectivity index (χ1n) is 6.74. The maximum absolute atomic E-state index is 11.8. The number of aromatic nitrogens is 3. The standard InChI is InChI=1S/C12H20N4O/c17-12-14-11(8-9-4-3-7-13-9)15-16(12)10-5-1-2-6-10/h9-10,13H,1-8H2,(H,14,15,17). The summed E-state index contributed by atoms with van der Waals surface area (Å²) in [5.74, 6) is 0.848. The fourth-order valence-electron chi connectivity index (χ4n) is 3.03. The highest BCUT2D eigenvalue weighted by atomic mass is 16.2. The molecule has 1 aromatic heterocycles. The lowest BCUT2D eigenvalue weighted by Gasteiger charge is -2.08. The van der Waals surface area contributed by atoms with Crippen LogP contribution in [0.2, 0.25) is 0 Å². The molecular formula is C12H20N4O. The molecule has 5 heteroatoms. The summed E-state index contributed by atoms with van der Waals surface area (Å²) in [7, 11) is 0. The zero-order valence-electron chi connectivity index (χ0n) is 10.1. The molecule has 1 aliphatic heterocycles. The van der Waals surface area contributed by atoms with Crippen molar-refractivity contribution < 1.29 is 0 Å². The van der Waals surface area contributed by atoms with Crippen molar-refractivity contribution in [1.82, 2.24) is 20.1 Å². The highest BCUT2D eigenvalue weighted by Gasteiger charge is 2.22. The summed E-state index contributed by atoms with van der Waals surface area (Å²) in [5.41, 5.74) is -0.0232. The van der Waals surface area contributed by atoms with Gasteiger partial charge in [0.2, 0.25) is 0 Å². The van der Waals surface area contributed by atoms with E-state index in [4.69, 9.17) is 0 Å². The molecule has 1 atom stereocenters. The third kappa shape index (κ3) is 2.29. The minimum atomic E-state index is -0.0232. The van der Waals surface area contributed by atoms with Gasteiger partial charge in [0, 0.05) is 12.5 Å². The summed E-state index contributed by atoms with van der Waals surface area (Å²) < 4.78 is 1.68. The lowest BCUT2D eigenvalue weighted by atomic mass is 10.1. The van der Waals surface area contributed by atoms with E-state index in [-0.39, 0.29) is 5.69 Å². The van der Waals surface area contributed by atoms with Crippen LogP contribution in [0.25, 0.3) is 0 Å². The van der Waals surface area contributed by atoms with E-state index in [1.807, 2.05) is 0 Å². The molecule has 3 rings (SSSR count). The van der Waals surface area contributed by atoms with Gasteiger partial charge < -0.3 is 5.32 Å². The average molecular weight is 236 g/mol. The quantitative estimate of drug-likeness (QED) is 0.822. The number of hydrogen-bond donors (Lipinski definition) is 2. The van der Waals surface area contributed by atoms with Gasteiger partial charge in [-0.25, -0.2) is 9.48 Å². The molecule has 0 spiro atoms. The Kier molecular flexibility index (Phi) is 3.01. The molecule has 0 amide bonds. The van der Waals surface area contributed by atoms with Gasteiger partial charge in [-0.2, -0.15) is 5.10 Å². The van der Waals surface area contributed by atoms with Gasteiger partial charge in [-0.3, -0.25) is 4.98 Å². The zero-order chi connectivity index (χ0) is 11.7. The van der Waals surface area contributed by atoms with Gasteiger partial charge in [0.1, 0.15) is 5.82 Å². The van der Waals surface area contributed by atoms with Crippen molar-refractivity contribution in [3.63, 3.8) is 0 Å². The van der Waals surface area contributed by atoms with Crippen LogP contribution in [0, 0.1) is 0 Å². The van der Waals surface area contributed by atoms with Crippen molar-refractivity contribution in [3.8, 4) is 0 Å². The third-order valence-electron chi connectivity index (χ3n) is 3.96. The fourth-order valence-corrected chi connectivity index (χ4v) is 3.03. The molecule has 2 aliphatic rings. The topological polar surface area (TPSA) is 62.7 Å². The van der Waals surface area contributed by atoms with Crippen LogP contribution < -0.4 is 11.0 Å². The predicted octanol–water partition coefficient (Wildman–Crippen LogP) is 0.981. The molecule has 0 aromatic carbocycles. The number of nitrogens with zero attached hydrogens (tertiary/aromatic N) is 2. The van der Waals surface area contributed by atoms with Crippen LogP contribution in [0.15, 0.2) is 4.79 Å². The van der Waals surface area contributed by atoms with Crippen molar-refractivity contribution in [1.29, 1.82) is 0 Å². The Morgan fingerprint density at radius 3 is 2.76 bits per heavy atom.